The largest absolute Gasteiger partial charge is 0.321 e. The van der Waals surface area contributed by atoms with Crippen molar-refractivity contribution in [3.63, 3.8) is 0 Å². The fourth-order valence-electron chi connectivity index (χ4n) is 2.58. The van der Waals surface area contributed by atoms with E-state index in [-0.39, 0.29) is 5.54 Å². The maximum atomic E-state index is 6.51. The van der Waals surface area contributed by atoms with Crippen molar-refractivity contribution in [2.75, 3.05) is 0 Å². The van der Waals surface area contributed by atoms with Crippen LogP contribution in [0.4, 0.5) is 0 Å². The number of nitrogens with two attached hydrogens (primary N) is 1. The summed E-state index contributed by atoms with van der Waals surface area (Å²) in [5.41, 5.74) is 7.13. The lowest BCUT2D eigenvalue weighted by atomic mass is 9.84. The molecule has 0 amide bonds. The molecule has 1 nitrogen and oxygen atoms in total. The molecule has 0 radical (unpaired) electrons. The minimum atomic E-state index is -0.327. The molecular weight excluding hydrogens is 241 g/mol. The molecule has 0 atom stereocenters. The summed E-state index contributed by atoms with van der Waals surface area (Å²) in [5.74, 6) is 0. The minimum absolute atomic E-state index is 0.327. The van der Waals surface area contributed by atoms with Crippen LogP contribution >= 0.6 is 23.2 Å². The smallest absolute Gasteiger partial charge is 0.0471 e. The van der Waals surface area contributed by atoms with Crippen molar-refractivity contribution in [1.82, 2.24) is 0 Å². The molecular formula is C13H17Cl2N. The third-order valence-corrected chi connectivity index (χ3v) is 4.09. The van der Waals surface area contributed by atoms with E-state index in [0.717, 1.165) is 31.2 Å². The van der Waals surface area contributed by atoms with Crippen LogP contribution in [0.25, 0.3) is 0 Å². The molecule has 1 aromatic rings. The van der Waals surface area contributed by atoms with Crippen molar-refractivity contribution in [3.05, 3.63) is 33.8 Å². The van der Waals surface area contributed by atoms with E-state index in [0.29, 0.717) is 10.0 Å². The number of hydrogen-bond acceptors (Lipinski definition) is 1. The monoisotopic (exact) mass is 257 g/mol. The van der Waals surface area contributed by atoms with E-state index < -0.39 is 0 Å². The third kappa shape index (κ3) is 2.37. The summed E-state index contributed by atoms with van der Waals surface area (Å²) < 4.78 is 0. The predicted molar refractivity (Wildman–Crippen MR) is 70.0 cm³/mol. The molecule has 0 saturated heterocycles. The van der Waals surface area contributed by atoms with Crippen molar-refractivity contribution < 1.29 is 0 Å². The molecule has 1 saturated carbocycles. The Kier molecular flexibility index (Phi) is 3.78. The van der Waals surface area contributed by atoms with Gasteiger partial charge in [0.25, 0.3) is 0 Å². The lowest BCUT2D eigenvalue weighted by molar-refractivity contribution is 0.386. The first-order chi connectivity index (χ1) is 7.63. The van der Waals surface area contributed by atoms with E-state index in [4.69, 9.17) is 28.9 Å². The number of benzene rings is 1. The van der Waals surface area contributed by atoms with Crippen molar-refractivity contribution in [1.29, 1.82) is 0 Å². The standard InChI is InChI=1S/C13H17Cl2N/c14-10-6-5-7-11(15)12(10)13(16)8-3-1-2-4-9-13/h5-7H,1-4,8-9,16H2. The topological polar surface area (TPSA) is 26.0 Å². The van der Waals surface area contributed by atoms with Gasteiger partial charge in [0.05, 0.1) is 0 Å². The molecule has 1 aromatic carbocycles. The summed E-state index contributed by atoms with van der Waals surface area (Å²) in [7, 11) is 0. The van der Waals surface area contributed by atoms with Crippen LogP contribution in [0.5, 0.6) is 0 Å². The highest BCUT2D eigenvalue weighted by Gasteiger charge is 2.31. The molecule has 2 N–H and O–H groups in total. The van der Waals surface area contributed by atoms with Gasteiger partial charge in [0.15, 0.2) is 0 Å². The molecule has 0 aliphatic heterocycles. The summed E-state index contributed by atoms with van der Waals surface area (Å²) >= 11 is 12.5. The summed E-state index contributed by atoms with van der Waals surface area (Å²) in [4.78, 5) is 0. The maximum Gasteiger partial charge on any atom is 0.0471 e. The van der Waals surface area contributed by atoms with Crippen LogP contribution in [0.1, 0.15) is 44.1 Å². The van der Waals surface area contributed by atoms with Crippen LogP contribution in [0.2, 0.25) is 10.0 Å². The molecule has 0 heterocycles. The molecule has 0 spiro atoms. The van der Waals surface area contributed by atoms with Crippen LogP contribution in [0, 0.1) is 0 Å². The quantitative estimate of drug-likeness (QED) is 0.737. The second-order valence-electron chi connectivity index (χ2n) is 4.67. The summed E-state index contributed by atoms with van der Waals surface area (Å²) in [5, 5.41) is 1.41. The molecule has 3 heteroatoms. The molecule has 0 unspecified atom stereocenters. The number of rotatable bonds is 1. The zero-order valence-electron chi connectivity index (χ0n) is 9.31. The van der Waals surface area contributed by atoms with E-state index >= 15 is 0 Å². The minimum Gasteiger partial charge on any atom is -0.321 e. The fourth-order valence-corrected chi connectivity index (χ4v) is 3.36. The van der Waals surface area contributed by atoms with Crippen LogP contribution in [-0.4, -0.2) is 0 Å². The van der Waals surface area contributed by atoms with Gasteiger partial charge in [-0.25, -0.2) is 0 Å². The second kappa shape index (κ2) is 4.95. The molecule has 1 fully saturated rings. The van der Waals surface area contributed by atoms with E-state index in [1.165, 1.54) is 12.8 Å². The summed E-state index contributed by atoms with van der Waals surface area (Å²) in [6, 6.07) is 5.62. The Morgan fingerprint density at radius 1 is 0.938 bits per heavy atom. The zero-order chi connectivity index (χ0) is 11.6. The third-order valence-electron chi connectivity index (χ3n) is 3.46. The van der Waals surface area contributed by atoms with Gasteiger partial charge in [0.1, 0.15) is 0 Å². The molecule has 0 bridgehead atoms. The van der Waals surface area contributed by atoms with Crippen LogP contribution in [-0.2, 0) is 5.54 Å². The van der Waals surface area contributed by atoms with Crippen molar-refractivity contribution in [2.45, 2.75) is 44.1 Å². The first-order valence-corrected chi connectivity index (χ1v) is 6.62. The fraction of sp³-hybridized carbons (Fsp3) is 0.538. The van der Waals surface area contributed by atoms with Gasteiger partial charge in [-0.15, -0.1) is 0 Å². The predicted octanol–water partition coefficient (Wildman–Crippen LogP) is 4.50. The summed E-state index contributed by atoms with van der Waals surface area (Å²) in [6.07, 6.45) is 6.82. The van der Waals surface area contributed by atoms with Gasteiger partial charge < -0.3 is 5.73 Å². The average Bonchev–Trinajstić information content (AvgIpc) is 2.43. The van der Waals surface area contributed by atoms with Gasteiger partial charge in [-0.05, 0) is 25.0 Å². The summed E-state index contributed by atoms with van der Waals surface area (Å²) in [6.45, 7) is 0. The Labute approximate surface area is 107 Å². The first kappa shape index (κ1) is 12.2. The van der Waals surface area contributed by atoms with E-state index in [1.807, 2.05) is 18.2 Å². The van der Waals surface area contributed by atoms with E-state index in [9.17, 15) is 0 Å². The lowest BCUT2D eigenvalue weighted by Gasteiger charge is -2.30. The second-order valence-corrected chi connectivity index (χ2v) is 5.48. The highest BCUT2D eigenvalue weighted by molar-refractivity contribution is 6.36. The molecule has 0 aromatic heterocycles. The van der Waals surface area contributed by atoms with E-state index in [2.05, 4.69) is 0 Å². The van der Waals surface area contributed by atoms with Crippen LogP contribution in [0.15, 0.2) is 18.2 Å². The molecule has 16 heavy (non-hydrogen) atoms. The Balaban J connectivity index is 2.40. The Morgan fingerprint density at radius 3 is 1.94 bits per heavy atom. The van der Waals surface area contributed by atoms with Gasteiger partial charge in [0.2, 0.25) is 0 Å². The zero-order valence-corrected chi connectivity index (χ0v) is 10.8. The van der Waals surface area contributed by atoms with Crippen molar-refractivity contribution in [2.24, 2.45) is 5.73 Å². The molecule has 1 aliphatic rings. The van der Waals surface area contributed by atoms with Gasteiger partial charge in [-0.3, -0.25) is 0 Å². The van der Waals surface area contributed by atoms with Crippen LogP contribution in [0.3, 0.4) is 0 Å². The Bertz CT molecular complexity index is 348. The van der Waals surface area contributed by atoms with Crippen LogP contribution < -0.4 is 5.73 Å². The Hall–Kier alpha value is -0.240. The van der Waals surface area contributed by atoms with E-state index in [1.54, 1.807) is 0 Å². The molecule has 2 rings (SSSR count). The van der Waals surface area contributed by atoms with Gasteiger partial charge in [-0.2, -0.15) is 0 Å². The van der Waals surface area contributed by atoms with Gasteiger partial charge >= 0.3 is 0 Å². The van der Waals surface area contributed by atoms with Crippen molar-refractivity contribution >= 4 is 23.2 Å². The molecule has 1 aliphatic carbocycles. The first-order valence-electron chi connectivity index (χ1n) is 5.87. The maximum absolute atomic E-state index is 6.51. The molecule has 88 valence electrons. The number of halogens is 2. The normalized spacial score (nSPS) is 20.4. The lowest BCUT2D eigenvalue weighted by Crippen LogP contribution is -2.36. The van der Waals surface area contributed by atoms with Gasteiger partial charge in [-0.1, -0.05) is 55.0 Å². The SMILES string of the molecule is NC1(c2c(Cl)cccc2Cl)CCCCCC1. The van der Waals surface area contributed by atoms with Crippen molar-refractivity contribution in [3.8, 4) is 0 Å². The average molecular weight is 258 g/mol. The highest BCUT2D eigenvalue weighted by Crippen LogP contribution is 2.40. The Morgan fingerprint density at radius 2 is 1.44 bits per heavy atom. The van der Waals surface area contributed by atoms with Gasteiger partial charge in [0, 0.05) is 21.1 Å². The highest BCUT2D eigenvalue weighted by atomic mass is 35.5. The number of hydrogen-bond donors (Lipinski definition) is 1.